The zero-order valence-electron chi connectivity index (χ0n) is 20.1. The molecule has 9 heteroatoms. The second-order valence-electron chi connectivity index (χ2n) is 9.09. The third-order valence-electron chi connectivity index (χ3n) is 6.53. The Morgan fingerprint density at radius 1 is 1.08 bits per heavy atom. The summed E-state index contributed by atoms with van der Waals surface area (Å²) in [5.41, 5.74) is 2.93. The molecule has 2 heterocycles. The summed E-state index contributed by atoms with van der Waals surface area (Å²) >= 11 is 0. The number of nitrogens with zero attached hydrogens (tertiary/aromatic N) is 2. The van der Waals surface area contributed by atoms with Gasteiger partial charge in [-0.3, -0.25) is 9.59 Å². The van der Waals surface area contributed by atoms with Crippen LogP contribution in [-0.2, 0) is 4.79 Å². The maximum atomic E-state index is 14.7. The van der Waals surface area contributed by atoms with Crippen LogP contribution in [0.1, 0.15) is 36.0 Å². The molecule has 37 heavy (non-hydrogen) atoms. The highest BCUT2D eigenvalue weighted by molar-refractivity contribution is 6.00. The van der Waals surface area contributed by atoms with Gasteiger partial charge in [0.25, 0.3) is 5.91 Å². The van der Waals surface area contributed by atoms with Gasteiger partial charge in [-0.15, -0.1) is 0 Å². The van der Waals surface area contributed by atoms with Crippen LogP contribution < -0.4 is 16.0 Å². The molecule has 0 bridgehead atoms. The normalized spacial score (nSPS) is 17.2. The molecule has 2 atom stereocenters. The number of carbonyl (C=O) groups is 2. The predicted octanol–water partition coefficient (Wildman–Crippen LogP) is 5.04. The van der Waals surface area contributed by atoms with E-state index in [4.69, 9.17) is 0 Å². The Bertz CT molecular complexity index is 1450. The lowest BCUT2D eigenvalue weighted by Crippen LogP contribution is -2.42. The van der Waals surface area contributed by atoms with Crippen molar-refractivity contribution < 1.29 is 14.0 Å². The zero-order valence-corrected chi connectivity index (χ0v) is 20.1. The number of anilines is 2. The first kappa shape index (κ1) is 24.2. The SMILES string of the molecule is C=CC(=O)Nc1ccc(C(=O)N[C@H]2CCC[C@@H](Nc3ncc(F)c(-c4c[nH]c5ccccc45)n3)C2)cc1. The van der Waals surface area contributed by atoms with Crippen LogP contribution in [0.2, 0.25) is 0 Å². The molecule has 8 nitrogen and oxygen atoms in total. The molecular weight excluding hydrogens is 471 g/mol. The topological polar surface area (TPSA) is 112 Å². The van der Waals surface area contributed by atoms with E-state index in [1.807, 2.05) is 24.3 Å². The van der Waals surface area contributed by atoms with Gasteiger partial charge in [-0.25, -0.2) is 14.4 Å². The van der Waals surface area contributed by atoms with E-state index in [9.17, 15) is 14.0 Å². The third-order valence-corrected chi connectivity index (χ3v) is 6.53. The minimum Gasteiger partial charge on any atom is -0.360 e. The van der Waals surface area contributed by atoms with E-state index in [1.54, 1.807) is 30.5 Å². The van der Waals surface area contributed by atoms with Gasteiger partial charge in [0, 0.05) is 46.0 Å². The van der Waals surface area contributed by atoms with Gasteiger partial charge in [-0.05, 0) is 62.1 Å². The van der Waals surface area contributed by atoms with E-state index in [0.717, 1.165) is 30.2 Å². The van der Waals surface area contributed by atoms with Crippen LogP contribution in [0.25, 0.3) is 22.2 Å². The average molecular weight is 499 g/mol. The van der Waals surface area contributed by atoms with Crippen LogP contribution >= 0.6 is 0 Å². The predicted molar refractivity (Wildman–Crippen MR) is 142 cm³/mol. The monoisotopic (exact) mass is 498 g/mol. The van der Waals surface area contributed by atoms with Crippen molar-refractivity contribution in [3.8, 4) is 11.3 Å². The lowest BCUT2D eigenvalue weighted by molar-refractivity contribution is -0.111. The number of hydrogen-bond acceptors (Lipinski definition) is 5. The van der Waals surface area contributed by atoms with Crippen LogP contribution in [0, 0.1) is 5.82 Å². The van der Waals surface area contributed by atoms with Gasteiger partial charge in [-0.1, -0.05) is 24.8 Å². The number of nitrogens with one attached hydrogen (secondary N) is 4. The van der Waals surface area contributed by atoms with Crippen molar-refractivity contribution in [2.45, 2.75) is 37.8 Å². The number of aromatic amines is 1. The van der Waals surface area contributed by atoms with Crippen molar-refractivity contribution in [3.05, 3.63) is 85.0 Å². The minimum atomic E-state index is -0.487. The number of carbonyl (C=O) groups excluding carboxylic acids is 2. The van der Waals surface area contributed by atoms with Gasteiger partial charge >= 0.3 is 0 Å². The molecule has 0 radical (unpaired) electrons. The van der Waals surface area contributed by atoms with Gasteiger partial charge in [0.05, 0.1) is 6.20 Å². The van der Waals surface area contributed by atoms with E-state index in [0.29, 0.717) is 29.2 Å². The highest BCUT2D eigenvalue weighted by Crippen LogP contribution is 2.30. The molecule has 2 aromatic carbocycles. The lowest BCUT2D eigenvalue weighted by atomic mass is 9.91. The first-order valence-corrected chi connectivity index (χ1v) is 12.2. The molecule has 0 aliphatic heterocycles. The Kier molecular flexibility index (Phi) is 6.93. The largest absolute Gasteiger partial charge is 0.360 e. The van der Waals surface area contributed by atoms with Gasteiger partial charge in [-0.2, -0.15) is 0 Å². The zero-order chi connectivity index (χ0) is 25.8. The van der Waals surface area contributed by atoms with E-state index in [-0.39, 0.29) is 29.6 Å². The Morgan fingerprint density at radius 3 is 2.68 bits per heavy atom. The molecule has 4 N–H and O–H groups in total. The van der Waals surface area contributed by atoms with Crippen molar-refractivity contribution in [3.63, 3.8) is 0 Å². The van der Waals surface area contributed by atoms with E-state index >= 15 is 0 Å². The second kappa shape index (κ2) is 10.6. The first-order chi connectivity index (χ1) is 18.0. The number of amides is 2. The number of rotatable bonds is 7. The van der Waals surface area contributed by atoms with Crippen LogP contribution in [0.4, 0.5) is 16.0 Å². The summed E-state index contributed by atoms with van der Waals surface area (Å²) in [6.45, 7) is 3.42. The molecule has 4 aromatic rings. The summed E-state index contributed by atoms with van der Waals surface area (Å²) < 4.78 is 14.7. The van der Waals surface area contributed by atoms with Gasteiger partial charge in [0.2, 0.25) is 11.9 Å². The maximum Gasteiger partial charge on any atom is 0.251 e. The van der Waals surface area contributed by atoms with Crippen molar-refractivity contribution in [1.82, 2.24) is 20.3 Å². The molecule has 188 valence electrons. The molecule has 0 saturated heterocycles. The summed E-state index contributed by atoms with van der Waals surface area (Å²) in [5.74, 6) is -0.612. The number of hydrogen-bond donors (Lipinski definition) is 4. The fourth-order valence-corrected chi connectivity index (χ4v) is 4.69. The Labute approximate surface area is 213 Å². The fraction of sp³-hybridized carbons (Fsp3) is 0.214. The van der Waals surface area contributed by atoms with Crippen molar-refractivity contribution >= 4 is 34.4 Å². The number of aromatic nitrogens is 3. The van der Waals surface area contributed by atoms with Crippen LogP contribution in [0.15, 0.2) is 73.6 Å². The number of H-pyrrole nitrogens is 1. The van der Waals surface area contributed by atoms with Crippen LogP contribution in [0.3, 0.4) is 0 Å². The molecule has 1 aliphatic rings. The van der Waals surface area contributed by atoms with E-state index < -0.39 is 5.82 Å². The quantitative estimate of drug-likeness (QED) is 0.267. The minimum absolute atomic E-state index is 0.0209. The first-order valence-electron chi connectivity index (χ1n) is 12.2. The molecule has 0 unspecified atom stereocenters. The Balaban J connectivity index is 1.23. The van der Waals surface area contributed by atoms with Gasteiger partial charge in [0.1, 0.15) is 5.69 Å². The smallest absolute Gasteiger partial charge is 0.251 e. The Hall–Kier alpha value is -4.53. The average Bonchev–Trinajstić information content (AvgIpc) is 3.34. The summed E-state index contributed by atoms with van der Waals surface area (Å²) in [6, 6.07) is 14.4. The van der Waals surface area contributed by atoms with Crippen LogP contribution in [0.5, 0.6) is 0 Å². The summed E-state index contributed by atoms with van der Waals surface area (Å²) in [7, 11) is 0. The van der Waals surface area contributed by atoms with E-state index in [2.05, 4.69) is 37.5 Å². The molecule has 2 amide bonds. The standard InChI is InChI=1S/C28H27FN6O2/c1-2-25(36)32-18-12-10-17(11-13-18)27(37)33-19-6-5-7-20(14-19)34-28-31-16-23(29)26(35-28)22-15-30-24-9-4-3-8-21(22)24/h2-4,8-13,15-16,19-20,30H,1,5-7,14H2,(H,32,36)(H,33,37)(H,31,34,35)/t19-,20+/m0/s1. The Morgan fingerprint density at radius 2 is 1.86 bits per heavy atom. The molecular formula is C28H27FN6O2. The highest BCUT2D eigenvalue weighted by atomic mass is 19.1. The number of halogens is 1. The van der Waals surface area contributed by atoms with E-state index in [1.165, 1.54) is 12.3 Å². The summed E-state index contributed by atoms with van der Waals surface area (Å²) in [4.78, 5) is 36.0. The van der Waals surface area contributed by atoms with Crippen molar-refractivity contribution in [2.75, 3.05) is 10.6 Å². The number of benzene rings is 2. The molecule has 2 aromatic heterocycles. The number of fused-ring (bicyclic) bond motifs is 1. The molecule has 5 rings (SSSR count). The fourth-order valence-electron chi connectivity index (χ4n) is 4.69. The third kappa shape index (κ3) is 5.50. The summed E-state index contributed by atoms with van der Waals surface area (Å²) in [5, 5.41) is 9.98. The lowest BCUT2D eigenvalue weighted by Gasteiger charge is -2.30. The van der Waals surface area contributed by atoms with Crippen LogP contribution in [-0.4, -0.2) is 38.8 Å². The van der Waals surface area contributed by atoms with Gasteiger partial charge < -0.3 is 20.9 Å². The number of para-hydroxylation sites is 1. The van der Waals surface area contributed by atoms with Gasteiger partial charge in [0.15, 0.2) is 5.82 Å². The maximum absolute atomic E-state index is 14.7. The molecule has 1 saturated carbocycles. The van der Waals surface area contributed by atoms with Crippen molar-refractivity contribution in [1.29, 1.82) is 0 Å². The highest BCUT2D eigenvalue weighted by Gasteiger charge is 2.25. The van der Waals surface area contributed by atoms with Crippen molar-refractivity contribution in [2.24, 2.45) is 0 Å². The molecule has 1 aliphatic carbocycles. The molecule has 0 spiro atoms. The second-order valence-corrected chi connectivity index (χ2v) is 9.09. The molecule has 1 fully saturated rings. The summed E-state index contributed by atoms with van der Waals surface area (Å²) in [6.07, 6.45) is 7.51.